The van der Waals surface area contributed by atoms with Crippen molar-refractivity contribution in [3.8, 4) is 0 Å². The van der Waals surface area contributed by atoms with Crippen LogP contribution in [0.15, 0.2) is 36.4 Å². The molecular formula is C15H14ClFN2O. The lowest BCUT2D eigenvalue weighted by Gasteiger charge is -2.12. The smallest absolute Gasteiger partial charge is 0.249 e. The van der Waals surface area contributed by atoms with E-state index in [0.717, 1.165) is 16.8 Å². The van der Waals surface area contributed by atoms with E-state index in [1.807, 2.05) is 13.0 Å². The third-order valence-electron chi connectivity index (χ3n) is 3.07. The van der Waals surface area contributed by atoms with Crippen LogP contribution in [-0.4, -0.2) is 5.91 Å². The van der Waals surface area contributed by atoms with Gasteiger partial charge in [-0.05, 0) is 42.3 Å². The van der Waals surface area contributed by atoms with E-state index in [-0.39, 0.29) is 5.02 Å². The maximum absolute atomic E-state index is 13.1. The molecule has 2 aromatic carbocycles. The van der Waals surface area contributed by atoms with Gasteiger partial charge in [0.2, 0.25) is 5.91 Å². The van der Waals surface area contributed by atoms with Gasteiger partial charge < -0.3 is 11.1 Å². The number of rotatable bonds is 4. The molecule has 3 nitrogen and oxygen atoms in total. The third kappa shape index (κ3) is 3.08. The Balaban J connectivity index is 2.17. The molecule has 0 saturated carbocycles. The van der Waals surface area contributed by atoms with Gasteiger partial charge in [-0.15, -0.1) is 0 Å². The van der Waals surface area contributed by atoms with Crippen LogP contribution < -0.4 is 11.1 Å². The van der Waals surface area contributed by atoms with E-state index in [9.17, 15) is 9.18 Å². The van der Waals surface area contributed by atoms with E-state index in [1.54, 1.807) is 24.3 Å². The molecule has 0 aliphatic carbocycles. The molecule has 5 heteroatoms. The molecule has 0 bridgehead atoms. The standard InChI is InChI=1S/C15H14ClFN2O/c1-9-11(15(18)20)3-2-4-14(9)19-8-10-5-6-13(17)12(16)7-10/h2-7,19H,8H2,1H3,(H2,18,20). The van der Waals surface area contributed by atoms with Crippen LogP contribution in [0.2, 0.25) is 5.02 Å². The number of halogens is 2. The summed E-state index contributed by atoms with van der Waals surface area (Å²) in [6.45, 7) is 2.29. The summed E-state index contributed by atoms with van der Waals surface area (Å²) < 4.78 is 13.1. The largest absolute Gasteiger partial charge is 0.381 e. The number of anilines is 1. The lowest BCUT2D eigenvalue weighted by molar-refractivity contribution is 0.1000. The highest BCUT2D eigenvalue weighted by atomic mass is 35.5. The molecule has 3 N–H and O–H groups in total. The molecule has 0 atom stereocenters. The summed E-state index contributed by atoms with van der Waals surface area (Å²) in [5.74, 6) is -0.904. The summed E-state index contributed by atoms with van der Waals surface area (Å²) in [5.41, 5.74) is 8.22. The van der Waals surface area contributed by atoms with Crippen molar-refractivity contribution < 1.29 is 9.18 Å². The number of benzene rings is 2. The fourth-order valence-corrected chi connectivity index (χ4v) is 2.14. The number of hydrogen-bond donors (Lipinski definition) is 2. The van der Waals surface area contributed by atoms with Crippen molar-refractivity contribution in [2.75, 3.05) is 5.32 Å². The number of amides is 1. The minimum Gasteiger partial charge on any atom is -0.381 e. The van der Waals surface area contributed by atoms with E-state index < -0.39 is 11.7 Å². The van der Waals surface area contributed by atoms with E-state index in [4.69, 9.17) is 17.3 Å². The predicted molar refractivity (Wildman–Crippen MR) is 78.4 cm³/mol. The lowest BCUT2D eigenvalue weighted by atomic mass is 10.1. The molecule has 20 heavy (non-hydrogen) atoms. The second-order valence-electron chi connectivity index (χ2n) is 4.44. The van der Waals surface area contributed by atoms with Crippen LogP contribution in [0.4, 0.5) is 10.1 Å². The Morgan fingerprint density at radius 3 is 2.75 bits per heavy atom. The number of nitrogens with two attached hydrogens (primary N) is 1. The van der Waals surface area contributed by atoms with Crippen molar-refractivity contribution in [3.63, 3.8) is 0 Å². The van der Waals surface area contributed by atoms with Crippen LogP contribution in [-0.2, 0) is 6.54 Å². The van der Waals surface area contributed by atoms with Gasteiger partial charge in [-0.25, -0.2) is 4.39 Å². The number of carbonyl (C=O) groups is 1. The Morgan fingerprint density at radius 1 is 1.35 bits per heavy atom. The zero-order valence-corrected chi connectivity index (χ0v) is 11.7. The Bertz CT molecular complexity index is 658. The summed E-state index contributed by atoms with van der Waals surface area (Å²) in [6.07, 6.45) is 0. The molecule has 2 rings (SSSR count). The van der Waals surface area contributed by atoms with Gasteiger partial charge in [-0.1, -0.05) is 23.7 Å². The van der Waals surface area contributed by atoms with Gasteiger partial charge >= 0.3 is 0 Å². The van der Waals surface area contributed by atoms with Gasteiger partial charge in [0.15, 0.2) is 0 Å². The lowest BCUT2D eigenvalue weighted by Crippen LogP contribution is -2.13. The van der Waals surface area contributed by atoms with Crippen molar-refractivity contribution in [2.45, 2.75) is 13.5 Å². The van der Waals surface area contributed by atoms with Crippen LogP contribution in [0.25, 0.3) is 0 Å². The molecule has 0 aliphatic heterocycles. The first-order valence-corrected chi connectivity index (χ1v) is 6.44. The maximum Gasteiger partial charge on any atom is 0.249 e. The average Bonchev–Trinajstić information content (AvgIpc) is 2.41. The first kappa shape index (κ1) is 14.3. The number of nitrogens with one attached hydrogen (secondary N) is 1. The highest BCUT2D eigenvalue weighted by Gasteiger charge is 2.08. The highest BCUT2D eigenvalue weighted by molar-refractivity contribution is 6.30. The van der Waals surface area contributed by atoms with Crippen LogP contribution >= 0.6 is 11.6 Å². The second kappa shape index (κ2) is 5.92. The van der Waals surface area contributed by atoms with Gasteiger partial charge in [-0.3, -0.25) is 4.79 Å². The van der Waals surface area contributed by atoms with Crippen LogP contribution in [0.3, 0.4) is 0 Å². The molecule has 104 valence electrons. The average molecular weight is 293 g/mol. The van der Waals surface area contributed by atoms with Crippen LogP contribution in [0, 0.1) is 12.7 Å². The Hall–Kier alpha value is -2.07. The first-order chi connectivity index (χ1) is 9.49. The first-order valence-electron chi connectivity index (χ1n) is 6.06. The number of primary amides is 1. The van der Waals surface area contributed by atoms with Crippen LogP contribution in [0.5, 0.6) is 0 Å². The van der Waals surface area contributed by atoms with Gasteiger partial charge in [-0.2, -0.15) is 0 Å². The molecule has 0 aromatic heterocycles. The van der Waals surface area contributed by atoms with Crippen molar-refractivity contribution in [2.24, 2.45) is 5.73 Å². The normalized spacial score (nSPS) is 10.3. The fraction of sp³-hybridized carbons (Fsp3) is 0.133. The van der Waals surface area contributed by atoms with Gasteiger partial charge in [0.25, 0.3) is 0 Å². The van der Waals surface area contributed by atoms with Crippen molar-refractivity contribution >= 4 is 23.2 Å². The summed E-state index contributed by atoms with van der Waals surface area (Å²) in [4.78, 5) is 11.3. The summed E-state index contributed by atoms with van der Waals surface area (Å²) in [5, 5.41) is 3.27. The van der Waals surface area contributed by atoms with E-state index in [2.05, 4.69) is 5.32 Å². The molecular weight excluding hydrogens is 279 g/mol. The highest BCUT2D eigenvalue weighted by Crippen LogP contribution is 2.21. The second-order valence-corrected chi connectivity index (χ2v) is 4.85. The Morgan fingerprint density at radius 2 is 2.10 bits per heavy atom. The van der Waals surface area contributed by atoms with Crippen LogP contribution in [0.1, 0.15) is 21.5 Å². The maximum atomic E-state index is 13.1. The van der Waals surface area contributed by atoms with E-state index in [1.165, 1.54) is 6.07 Å². The topological polar surface area (TPSA) is 55.1 Å². The molecule has 0 fully saturated rings. The number of hydrogen-bond acceptors (Lipinski definition) is 2. The van der Waals surface area contributed by atoms with Crippen molar-refractivity contribution in [1.82, 2.24) is 0 Å². The van der Waals surface area contributed by atoms with E-state index >= 15 is 0 Å². The summed E-state index contributed by atoms with van der Waals surface area (Å²) >= 11 is 5.73. The molecule has 0 spiro atoms. The molecule has 2 aromatic rings. The zero-order chi connectivity index (χ0) is 14.7. The number of carbonyl (C=O) groups excluding carboxylic acids is 1. The van der Waals surface area contributed by atoms with E-state index in [0.29, 0.717) is 12.1 Å². The minimum absolute atomic E-state index is 0.0897. The molecule has 0 unspecified atom stereocenters. The van der Waals surface area contributed by atoms with Gasteiger partial charge in [0.1, 0.15) is 5.82 Å². The molecule has 0 aliphatic rings. The third-order valence-corrected chi connectivity index (χ3v) is 3.36. The molecule has 0 radical (unpaired) electrons. The molecule has 1 amide bonds. The van der Waals surface area contributed by atoms with Gasteiger partial charge in [0.05, 0.1) is 5.02 Å². The Labute approximate surface area is 121 Å². The minimum atomic E-state index is -0.462. The molecule has 0 saturated heterocycles. The van der Waals surface area contributed by atoms with Crippen molar-refractivity contribution in [1.29, 1.82) is 0 Å². The summed E-state index contributed by atoms with van der Waals surface area (Å²) in [7, 11) is 0. The SMILES string of the molecule is Cc1c(NCc2ccc(F)c(Cl)c2)cccc1C(N)=O. The Kier molecular flexibility index (Phi) is 4.25. The molecule has 0 heterocycles. The van der Waals surface area contributed by atoms with Gasteiger partial charge in [0, 0.05) is 17.8 Å². The zero-order valence-electron chi connectivity index (χ0n) is 10.9. The fourth-order valence-electron chi connectivity index (χ4n) is 1.94. The monoisotopic (exact) mass is 292 g/mol. The summed E-state index contributed by atoms with van der Waals surface area (Å²) in [6, 6.07) is 9.84. The van der Waals surface area contributed by atoms with Crippen molar-refractivity contribution in [3.05, 3.63) is 63.9 Å². The predicted octanol–water partition coefficient (Wildman–Crippen LogP) is 3.50. The quantitative estimate of drug-likeness (QED) is 0.906.